The molecule has 1 heterocycles. The molecule has 0 bridgehead atoms. The molecule has 3 N–H and O–H groups in total. The summed E-state index contributed by atoms with van der Waals surface area (Å²) in [6.45, 7) is 1.86. The van der Waals surface area contributed by atoms with Crippen molar-refractivity contribution in [2.45, 2.75) is 11.8 Å². The molecule has 9 nitrogen and oxygen atoms in total. The smallest absolute Gasteiger partial charge is 0.261 e. The van der Waals surface area contributed by atoms with Crippen molar-refractivity contribution in [2.75, 3.05) is 10.0 Å². The molecule has 0 aliphatic heterocycles. The lowest BCUT2D eigenvalue weighted by Gasteiger charge is -2.13. The summed E-state index contributed by atoms with van der Waals surface area (Å²) in [6, 6.07) is 11.1. The predicted molar refractivity (Wildman–Crippen MR) is 110 cm³/mol. The number of nitriles is 1. The van der Waals surface area contributed by atoms with Gasteiger partial charge in [0.2, 0.25) is 5.82 Å². The van der Waals surface area contributed by atoms with Crippen LogP contribution < -0.4 is 10.0 Å². The molecule has 0 aliphatic rings. The van der Waals surface area contributed by atoms with Gasteiger partial charge in [-0.25, -0.2) is 8.42 Å². The molecule has 3 rings (SSSR count). The van der Waals surface area contributed by atoms with E-state index in [1.165, 1.54) is 30.5 Å². The van der Waals surface area contributed by atoms with Gasteiger partial charge >= 0.3 is 0 Å². The van der Waals surface area contributed by atoms with E-state index in [1.54, 1.807) is 12.1 Å². The Kier molecular flexibility index (Phi) is 6.03. The van der Waals surface area contributed by atoms with Crippen LogP contribution in [0.4, 0.5) is 11.4 Å². The number of hydrogen-bond acceptors (Lipinski definition) is 7. The maximum Gasteiger partial charge on any atom is 0.261 e. The fourth-order valence-electron chi connectivity index (χ4n) is 2.23. The largest absolute Gasteiger partial charge is 0.359 e. The summed E-state index contributed by atoms with van der Waals surface area (Å²) in [4.78, 5) is 0.0902. The summed E-state index contributed by atoms with van der Waals surface area (Å²) < 4.78 is 27.7. The van der Waals surface area contributed by atoms with Gasteiger partial charge in [-0.1, -0.05) is 40.9 Å². The Bertz CT molecular complexity index is 1200. The first-order valence-electron chi connectivity index (χ1n) is 7.99. The lowest BCUT2D eigenvalue weighted by molar-refractivity contribution is 0.601. The van der Waals surface area contributed by atoms with Gasteiger partial charge in [0.1, 0.15) is 11.6 Å². The molecule has 3 aromatic rings. The van der Waals surface area contributed by atoms with E-state index in [-0.39, 0.29) is 32.0 Å². The third-order valence-electron chi connectivity index (χ3n) is 3.71. The van der Waals surface area contributed by atoms with Crippen molar-refractivity contribution < 1.29 is 8.42 Å². The number of tetrazole rings is 1. The van der Waals surface area contributed by atoms with E-state index < -0.39 is 10.0 Å². The Balaban J connectivity index is 1.90. The Morgan fingerprint density at radius 3 is 2.48 bits per heavy atom. The third-order valence-corrected chi connectivity index (χ3v) is 5.72. The minimum absolute atomic E-state index is 0.0883. The minimum atomic E-state index is -3.86. The van der Waals surface area contributed by atoms with Gasteiger partial charge in [-0.3, -0.25) is 4.72 Å². The van der Waals surface area contributed by atoms with Crippen LogP contribution in [-0.2, 0) is 10.0 Å². The standard InChI is InChI=1S/C17H13Cl2N7O2S/c1-10-2-4-12(5-3-10)29(27,28)24-16-7-15(13(18)6-14(16)19)21-9-11(8-20)17-22-25-26-23-17/h2-7,9,21,24H,1H3,(H,22,23,25,26). The van der Waals surface area contributed by atoms with Gasteiger partial charge in [0.25, 0.3) is 10.0 Å². The molecule has 0 atom stereocenters. The number of nitrogens with zero attached hydrogens (tertiary/aromatic N) is 4. The normalized spacial score (nSPS) is 11.7. The summed E-state index contributed by atoms with van der Waals surface area (Å²) in [5, 5.41) is 25.4. The van der Waals surface area contributed by atoms with Gasteiger partial charge in [-0.15, -0.1) is 10.2 Å². The number of aromatic amines is 1. The topological polar surface area (TPSA) is 136 Å². The number of sulfonamides is 1. The van der Waals surface area contributed by atoms with Crippen molar-refractivity contribution in [2.24, 2.45) is 0 Å². The molecule has 148 valence electrons. The van der Waals surface area contributed by atoms with Crippen molar-refractivity contribution in [3.8, 4) is 6.07 Å². The minimum Gasteiger partial charge on any atom is -0.359 e. The van der Waals surface area contributed by atoms with Crippen molar-refractivity contribution in [3.05, 3.63) is 64.0 Å². The Morgan fingerprint density at radius 2 is 1.86 bits per heavy atom. The van der Waals surface area contributed by atoms with E-state index in [0.717, 1.165) is 5.56 Å². The van der Waals surface area contributed by atoms with E-state index in [2.05, 4.69) is 30.7 Å². The maximum atomic E-state index is 12.6. The number of anilines is 2. The van der Waals surface area contributed by atoms with Crippen molar-refractivity contribution in [3.63, 3.8) is 0 Å². The molecular formula is C17H13Cl2N7O2S. The molecule has 29 heavy (non-hydrogen) atoms. The highest BCUT2D eigenvalue weighted by Crippen LogP contribution is 2.34. The highest BCUT2D eigenvalue weighted by Gasteiger charge is 2.17. The SMILES string of the molecule is Cc1ccc(S(=O)(=O)Nc2cc(NC=C(C#N)c3nn[nH]n3)c(Cl)cc2Cl)cc1. The first-order chi connectivity index (χ1) is 13.8. The molecule has 2 aromatic carbocycles. The van der Waals surface area contributed by atoms with E-state index in [1.807, 2.05) is 13.0 Å². The van der Waals surface area contributed by atoms with Gasteiger partial charge in [-0.2, -0.15) is 10.5 Å². The number of nitrogens with one attached hydrogen (secondary N) is 3. The van der Waals surface area contributed by atoms with Crippen molar-refractivity contribution in [1.29, 1.82) is 5.26 Å². The summed E-state index contributed by atoms with van der Waals surface area (Å²) in [6.07, 6.45) is 1.32. The van der Waals surface area contributed by atoms with Crippen molar-refractivity contribution >= 4 is 50.2 Å². The van der Waals surface area contributed by atoms with Gasteiger partial charge < -0.3 is 5.32 Å². The first-order valence-corrected chi connectivity index (χ1v) is 10.2. The van der Waals surface area contributed by atoms with Gasteiger partial charge in [0.05, 0.1) is 26.3 Å². The van der Waals surface area contributed by atoms with Crippen molar-refractivity contribution in [1.82, 2.24) is 20.6 Å². The number of benzene rings is 2. The van der Waals surface area contributed by atoms with Crippen LogP contribution in [0.3, 0.4) is 0 Å². The number of aryl methyl sites for hydroxylation is 1. The maximum absolute atomic E-state index is 12.6. The second-order valence-corrected chi connectivity index (χ2v) is 8.28. The lowest BCUT2D eigenvalue weighted by Crippen LogP contribution is -2.13. The Morgan fingerprint density at radius 1 is 1.17 bits per heavy atom. The number of rotatable bonds is 6. The molecule has 0 saturated heterocycles. The second-order valence-electron chi connectivity index (χ2n) is 5.78. The number of H-pyrrole nitrogens is 1. The highest BCUT2D eigenvalue weighted by atomic mass is 35.5. The molecule has 12 heteroatoms. The molecule has 0 spiro atoms. The van der Waals surface area contributed by atoms with E-state index >= 15 is 0 Å². The van der Waals surface area contributed by atoms with Crippen LogP contribution in [0, 0.1) is 18.3 Å². The zero-order chi connectivity index (χ0) is 21.0. The zero-order valence-corrected chi connectivity index (χ0v) is 17.1. The van der Waals surface area contributed by atoms with Crippen LogP contribution >= 0.6 is 23.2 Å². The quantitative estimate of drug-likeness (QED) is 0.488. The molecule has 0 fully saturated rings. The van der Waals surface area contributed by atoms with Gasteiger partial charge in [0.15, 0.2) is 0 Å². The fraction of sp³-hybridized carbons (Fsp3) is 0.0588. The number of hydrogen-bond donors (Lipinski definition) is 3. The zero-order valence-electron chi connectivity index (χ0n) is 14.8. The summed E-state index contributed by atoms with van der Waals surface area (Å²) in [5.74, 6) is 0.0883. The van der Waals surface area contributed by atoms with E-state index in [0.29, 0.717) is 5.69 Å². The number of halogens is 2. The molecule has 0 unspecified atom stereocenters. The van der Waals surface area contributed by atoms with Crippen LogP contribution in [-0.4, -0.2) is 29.0 Å². The molecular weight excluding hydrogens is 437 g/mol. The highest BCUT2D eigenvalue weighted by molar-refractivity contribution is 7.92. The molecule has 0 radical (unpaired) electrons. The van der Waals surface area contributed by atoms with E-state index in [9.17, 15) is 13.7 Å². The number of allylic oxidation sites excluding steroid dienone is 1. The van der Waals surface area contributed by atoms with Gasteiger partial charge in [0, 0.05) is 6.20 Å². The average Bonchev–Trinajstić information content (AvgIpc) is 3.20. The fourth-order valence-corrected chi connectivity index (χ4v) is 3.84. The van der Waals surface area contributed by atoms with Gasteiger partial charge in [-0.05, 0) is 36.4 Å². The number of aromatic nitrogens is 4. The first kappa shape index (κ1) is 20.6. The van der Waals surface area contributed by atoms with Crippen LogP contribution in [0.2, 0.25) is 10.0 Å². The Labute approximate surface area is 176 Å². The average molecular weight is 450 g/mol. The van der Waals surface area contributed by atoms with Crippen LogP contribution in [0.15, 0.2) is 47.5 Å². The second kappa shape index (κ2) is 8.48. The van der Waals surface area contributed by atoms with Crippen LogP contribution in [0.5, 0.6) is 0 Å². The molecule has 0 amide bonds. The summed E-state index contributed by atoms with van der Waals surface area (Å²) in [7, 11) is -3.86. The lowest BCUT2D eigenvalue weighted by atomic mass is 10.2. The third kappa shape index (κ3) is 4.83. The molecule has 0 saturated carbocycles. The monoisotopic (exact) mass is 449 g/mol. The molecule has 0 aliphatic carbocycles. The summed E-state index contributed by atoms with van der Waals surface area (Å²) in [5.41, 5.74) is 1.45. The van der Waals surface area contributed by atoms with Crippen LogP contribution in [0.1, 0.15) is 11.4 Å². The van der Waals surface area contributed by atoms with Crippen LogP contribution in [0.25, 0.3) is 5.57 Å². The van der Waals surface area contributed by atoms with E-state index in [4.69, 9.17) is 23.2 Å². The summed E-state index contributed by atoms with van der Waals surface area (Å²) >= 11 is 12.3. The Hall–Kier alpha value is -3.13. The molecule has 1 aromatic heterocycles. The predicted octanol–water partition coefficient (Wildman–Crippen LogP) is 3.59.